The molecule has 0 unspecified atom stereocenters. The van der Waals surface area contributed by atoms with E-state index in [4.69, 9.17) is 4.98 Å². The van der Waals surface area contributed by atoms with Crippen molar-refractivity contribution in [2.24, 2.45) is 0 Å². The van der Waals surface area contributed by atoms with E-state index in [2.05, 4.69) is 16.8 Å². The van der Waals surface area contributed by atoms with Gasteiger partial charge in [0.25, 0.3) is 0 Å². The summed E-state index contributed by atoms with van der Waals surface area (Å²) in [6, 6.07) is 4.03. The molecule has 5 heteroatoms. The highest BCUT2D eigenvalue weighted by Gasteiger charge is 2.30. The molecule has 1 fully saturated rings. The molecule has 0 saturated heterocycles. The predicted molar refractivity (Wildman–Crippen MR) is 80.4 cm³/mol. The summed E-state index contributed by atoms with van der Waals surface area (Å²) in [4.78, 5) is 22.9. The third kappa shape index (κ3) is 2.72. The van der Waals surface area contributed by atoms with Gasteiger partial charge in [-0.25, -0.2) is 4.98 Å². The van der Waals surface area contributed by atoms with Crippen molar-refractivity contribution in [3.05, 3.63) is 40.7 Å². The SMILES string of the molecule is CCN(Cc1ccncc1)c1nc(C2CC2)c(C=O)s1. The molecule has 1 aliphatic carbocycles. The first-order chi connectivity index (χ1) is 9.81. The molecule has 0 spiro atoms. The number of pyridine rings is 1. The fraction of sp³-hybridized carbons (Fsp3) is 0.400. The molecule has 1 aliphatic rings. The van der Waals surface area contributed by atoms with Crippen molar-refractivity contribution in [2.75, 3.05) is 11.4 Å². The van der Waals surface area contributed by atoms with Crippen LogP contribution in [-0.4, -0.2) is 22.8 Å². The Labute approximate surface area is 122 Å². The van der Waals surface area contributed by atoms with E-state index in [0.29, 0.717) is 5.92 Å². The van der Waals surface area contributed by atoms with Crippen molar-refractivity contribution in [3.8, 4) is 0 Å². The van der Waals surface area contributed by atoms with Crippen molar-refractivity contribution < 1.29 is 4.79 Å². The Bertz CT molecular complexity index is 592. The van der Waals surface area contributed by atoms with Gasteiger partial charge in [0.05, 0.1) is 10.6 Å². The van der Waals surface area contributed by atoms with Gasteiger partial charge in [-0.1, -0.05) is 11.3 Å². The van der Waals surface area contributed by atoms with E-state index in [-0.39, 0.29) is 0 Å². The number of anilines is 1. The standard InChI is InChI=1S/C15H17N3OS/c1-2-18(9-11-5-7-16-8-6-11)15-17-14(12-3-4-12)13(10-19)20-15/h5-8,10,12H,2-4,9H2,1H3. The van der Waals surface area contributed by atoms with E-state index in [1.807, 2.05) is 12.1 Å². The highest BCUT2D eigenvalue weighted by Crippen LogP contribution is 2.43. The molecular formula is C15H17N3OS. The van der Waals surface area contributed by atoms with Gasteiger partial charge in [-0.3, -0.25) is 9.78 Å². The maximum atomic E-state index is 11.2. The second-order valence-corrected chi connectivity index (χ2v) is 6.02. The molecule has 0 amide bonds. The van der Waals surface area contributed by atoms with Crippen LogP contribution in [0.5, 0.6) is 0 Å². The Morgan fingerprint density at radius 1 is 1.40 bits per heavy atom. The quantitative estimate of drug-likeness (QED) is 0.765. The van der Waals surface area contributed by atoms with Crippen LogP contribution in [0.25, 0.3) is 0 Å². The third-order valence-corrected chi connectivity index (χ3v) is 4.57. The lowest BCUT2D eigenvalue weighted by molar-refractivity contribution is 0.112. The summed E-state index contributed by atoms with van der Waals surface area (Å²) in [6.45, 7) is 3.78. The molecule has 4 nitrogen and oxygen atoms in total. The van der Waals surface area contributed by atoms with E-state index < -0.39 is 0 Å². The number of aldehydes is 1. The summed E-state index contributed by atoms with van der Waals surface area (Å²) in [5, 5.41) is 0.952. The van der Waals surface area contributed by atoms with Gasteiger partial charge in [0.2, 0.25) is 0 Å². The fourth-order valence-corrected chi connectivity index (χ4v) is 3.25. The first-order valence-electron chi connectivity index (χ1n) is 6.91. The van der Waals surface area contributed by atoms with Gasteiger partial charge in [0.1, 0.15) is 0 Å². The molecule has 2 aromatic heterocycles. The van der Waals surface area contributed by atoms with Gasteiger partial charge in [-0.05, 0) is 37.5 Å². The molecule has 0 aromatic carbocycles. The van der Waals surface area contributed by atoms with Crippen molar-refractivity contribution >= 4 is 22.8 Å². The van der Waals surface area contributed by atoms with Crippen molar-refractivity contribution in [2.45, 2.75) is 32.2 Å². The zero-order chi connectivity index (χ0) is 13.9. The second-order valence-electron chi connectivity index (χ2n) is 5.01. The first kappa shape index (κ1) is 13.2. The molecular weight excluding hydrogens is 270 g/mol. The topological polar surface area (TPSA) is 46.1 Å². The summed E-state index contributed by atoms with van der Waals surface area (Å²) in [5.74, 6) is 0.514. The zero-order valence-electron chi connectivity index (χ0n) is 11.5. The number of rotatable bonds is 6. The molecule has 20 heavy (non-hydrogen) atoms. The molecule has 0 radical (unpaired) electrons. The van der Waals surface area contributed by atoms with Gasteiger partial charge in [0.15, 0.2) is 11.4 Å². The molecule has 104 valence electrons. The average molecular weight is 287 g/mol. The molecule has 0 N–H and O–H groups in total. The Morgan fingerprint density at radius 2 is 2.15 bits per heavy atom. The number of hydrogen-bond acceptors (Lipinski definition) is 5. The van der Waals surface area contributed by atoms with Gasteiger partial charge in [-0.2, -0.15) is 0 Å². The monoisotopic (exact) mass is 287 g/mol. The summed E-state index contributed by atoms with van der Waals surface area (Å²) in [7, 11) is 0. The largest absolute Gasteiger partial charge is 0.344 e. The Morgan fingerprint density at radius 3 is 2.75 bits per heavy atom. The van der Waals surface area contributed by atoms with Crippen molar-refractivity contribution in [3.63, 3.8) is 0 Å². The number of carbonyl (C=O) groups excluding carboxylic acids is 1. The lowest BCUT2D eigenvalue weighted by atomic mass is 10.2. The predicted octanol–water partition coefficient (Wildman–Crippen LogP) is 3.25. The molecule has 3 rings (SSSR count). The van der Waals surface area contributed by atoms with Crippen LogP contribution in [0.1, 0.15) is 46.6 Å². The minimum Gasteiger partial charge on any atom is -0.344 e. The number of aromatic nitrogens is 2. The number of thiazole rings is 1. The third-order valence-electron chi connectivity index (χ3n) is 3.52. The van der Waals surface area contributed by atoms with Crippen LogP contribution >= 0.6 is 11.3 Å². The van der Waals surface area contributed by atoms with Gasteiger partial charge in [0, 0.05) is 31.4 Å². The van der Waals surface area contributed by atoms with Crippen LogP contribution in [0.15, 0.2) is 24.5 Å². The molecule has 0 aliphatic heterocycles. The van der Waals surface area contributed by atoms with E-state index in [1.165, 1.54) is 29.7 Å². The van der Waals surface area contributed by atoms with E-state index in [0.717, 1.165) is 35.1 Å². The van der Waals surface area contributed by atoms with Crippen LogP contribution in [0.4, 0.5) is 5.13 Å². The van der Waals surface area contributed by atoms with E-state index >= 15 is 0 Å². The maximum Gasteiger partial charge on any atom is 0.186 e. The molecule has 1 saturated carbocycles. The highest BCUT2D eigenvalue weighted by atomic mass is 32.1. The van der Waals surface area contributed by atoms with Crippen LogP contribution in [0.2, 0.25) is 0 Å². The zero-order valence-corrected chi connectivity index (χ0v) is 12.3. The van der Waals surface area contributed by atoms with Crippen LogP contribution < -0.4 is 4.90 Å². The number of hydrogen-bond donors (Lipinski definition) is 0. The van der Waals surface area contributed by atoms with E-state index in [9.17, 15) is 4.79 Å². The average Bonchev–Trinajstić information content (AvgIpc) is 3.25. The number of nitrogens with zero attached hydrogens (tertiary/aromatic N) is 3. The van der Waals surface area contributed by atoms with Gasteiger partial charge >= 0.3 is 0 Å². The highest BCUT2D eigenvalue weighted by molar-refractivity contribution is 7.17. The van der Waals surface area contributed by atoms with Crippen molar-refractivity contribution in [1.82, 2.24) is 9.97 Å². The summed E-state index contributed by atoms with van der Waals surface area (Å²) in [5.41, 5.74) is 2.21. The Hall–Kier alpha value is -1.75. The first-order valence-corrected chi connectivity index (χ1v) is 7.73. The van der Waals surface area contributed by atoms with Gasteiger partial charge in [-0.15, -0.1) is 0 Å². The smallest absolute Gasteiger partial charge is 0.186 e. The lowest BCUT2D eigenvalue weighted by Gasteiger charge is -2.19. The maximum absolute atomic E-state index is 11.2. The van der Waals surface area contributed by atoms with Crippen LogP contribution in [0, 0.1) is 0 Å². The summed E-state index contributed by atoms with van der Waals surface area (Å²) in [6.07, 6.45) is 6.89. The van der Waals surface area contributed by atoms with E-state index in [1.54, 1.807) is 12.4 Å². The minimum absolute atomic E-state index is 0.514. The minimum atomic E-state index is 0.514. The summed E-state index contributed by atoms with van der Waals surface area (Å²) >= 11 is 1.51. The summed E-state index contributed by atoms with van der Waals surface area (Å²) < 4.78 is 0. The Balaban J connectivity index is 1.83. The normalized spacial score (nSPS) is 14.2. The molecule has 2 heterocycles. The number of carbonyl (C=O) groups is 1. The van der Waals surface area contributed by atoms with Crippen molar-refractivity contribution in [1.29, 1.82) is 0 Å². The van der Waals surface area contributed by atoms with Gasteiger partial charge < -0.3 is 4.90 Å². The molecule has 2 aromatic rings. The fourth-order valence-electron chi connectivity index (χ4n) is 2.22. The molecule has 0 atom stereocenters. The molecule has 0 bridgehead atoms. The second kappa shape index (κ2) is 5.71. The lowest BCUT2D eigenvalue weighted by Crippen LogP contribution is -2.21. The van der Waals surface area contributed by atoms with Crippen LogP contribution in [-0.2, 0) is 6.54 Å². The van der Waals surface area contributed by atoms with Crippen LogP contribution in [0.3, 0.4) is 0 Å². The Kier molecular flexibility index (Phi) is 3.78.